The molecular formula is C19H23NO3. The third-order valence-corrected chi connectivity index (χ3v) is 3.78. The second-order valence-corrected chi connectivity index (χ2v) is 5.55. The molecule has 122 valence electrons. The summed E-state index contributed by atoms with van der Waals surface area (Å²) in [5, 5.41) is 22.4. The summed E-state index contributed by atoms with van der Waals surface area (Å²) in [6, 6.07) is 18.3. The number of nitrogens with one attached hydrogen (secondary N) is 1. The number of aliphatic hydroxyl groups excluding tert-OH is 2. The zero-order valence-corrected chi connectivity index (χ0v) is 13.1. The van der Waals surface area contributed by atoms with Gasteiger partial charge in [-0.25, -0.2) is 0 Å². The fourth-order valence-corrected chi connectivity index (χ4v) is 2.48. The average Bonchev–Trinajstić information content (AvgIpc) is 2.61. The number of benzene rings is 2. The molecule has 2 aromatic carbocycles. The third kappa shape index (κ3) is 5.51. The molecule has 23 heavy (non-hydrogen) atoms. The highest BCUT2D eigenvalue weighted by Crippen LogP contribution is 2.16. The van der Waals surface area contributed by atoms with Crippen molar-refractivity contribution in [1.82, 2.24) is 5.32 Å². The lowest BCUT2D eigenvalue weighted by Gasteiger charge is -2.22. The molecule has 0 aliphatic carbocycles. The van der Waals surface area contributed by atoms with Crippen LogP contribution in [0.3, 0.4) is 0 Å². The molecule has 0 heterocycles. The molecule has 4 nitrogen and oxygen atoms in total. The van der Waals surface area contributed by atoms with Gasteiger partial charge < -0.3 is 15.5 Å². The molecule has 0 saturated carbocycles. The molecule has 0 spiro atoms. The van der Waals surface area contributed by atoms with Crippen molar-refractivity contribution in [2.45, 2.75) is 31.4 Å². The number of amides is 1. The van der Waals surface area contributed by atoms with Crippen molar-refractivity contribution < 1.29 is 15.0 Å². The standard InChI is InChI=1S/C19H23NO3/c21-14-17(19(23)16-11-5-2-6-12-16)20-18(22)13-7-10-15-8-3-1-4-9-15/h1-6,8-9,11-12,17,19,21,23H,7,10,13-14H2,(H,20,22)/t17-,19-/m0/s1. The van der Waals surface area contributed by atoms with E-state index in [0.717, 1.165) is 12.8 Å². The van der Waals surface area contributed by atoms with Crippen molar-refractivity contribution in [3.63, 3.8) is 0 Å². The maximum absolute atomic E-state index is 12.0. The van der Waals surface area contributed by atoms with E-state index in [-0.39, 0.29) is 12.5 Å². The van der Waals surface area contributed by atoms with Gasteiger partial charge in [0, 0.05) is 6.42 Å². The van der Waals surface area contributed by atoms with Crippen molar-refractivity contribution >= 4 is 5.91 Å². The fourth-order valence-electron chi connectivity index (χ4n) is 2.48. The molecule has 0 unspecified atom stereocenters. The van der Waals surface area contributed by atoms with Crippen LogP contribution in [0.5, 0.6) is 0 Å². The minimum atomic E-state index is -0.917. The summed E-state index contributed by atoms with van der Waals surface area (Å²) in [5.41, 5.74) is 1.87. The van der Waals surface area contributed by atoms with Gasteiger partial charge in [-0.05, 0) is 24.0 Å². The highest BCUT2D eigenvalue weighted by molar-refractivity contribution is 5.76. The van der Waals surface area contributed by atoms with Crippen LogP contribution in [0, 0.1) is 0 Å². The highest BCUT2D eigenvalue weighted by atomic mass is 16.3. The molecule has 4 heteroatoms. The maximum atomic E-state index is 12.0. The van der Waals surface area contributed by atoms with Gasteiger partial charge in [0.1, 0.15) is 6.10 Å². The predicted octanol–water partition coefficient (Wildman–Crippen LogP) is 2.22. The fraction of sp³-hybridized carbons (Fsp3) is 0.316. The molecule has 0 aliphatic heterocycles. The molecule has 0 saturated heterocycles. The lowest BCUT2D eigenvalue weighted by Crippen LogP contribution is -2.41. The van der Waals surface area contributed by atoms with E-state index in [2.05, 4.69) is 5.32 Å². The van der Waals surface area contributed by atoms with Crippen molar-refractivity contribution in [1.29, 1.82) is 0 Å². The predicted molar refractivity (Wildman–Crippen MR) is 89.8 cm³/mol. The second kappa shape index (κ2) is 9.08. The first-order chi connectivity index (χ1) is 11.2. The van der Waals surface area contributed by atoms with Crippen LogP contribution in [-0.4, -0.2) is 28.8 Å². The summed E-state index contributed by atoms with van der Waals surface area (Å²) in [4.78, 5) is 12.0. The van der Waals surface area contributed by atoms with Gasteiger partial charge in [0.05, 0.1) is 12.6 Å². The van der Waals surface area contributed by atoms with Crippen molar-refractivity contribution in [3.05, 3.63) is 71.8 Å². The largest absolute Gasteiger partial charge is 0.394 e. The molecule has 0 aliphatic rings. The average molecular weight is 313 g/mol. The molecule has 0 aromatic heterocycles. The Kier molecular flexibility index (Phi) is 6.78. The molecule has 3 N–H and O–H groups in total. The zero-order valence-electron chi connectivity index (χ0n) is 13.1. The Morgan fingerprint density at radius 1 is 1.00 bits per heavy atom. The number of carbonyl (C=O) groups is 1. The van der Waals surface area contributed by atoms with Crippen LogP contribution in [0.1, 0.15) is 30.1 Å². The monoisotopic (exact) mass is 313 g/mol. The second-order valence-electron chi connectivity index (χ2n) is 5.55. The summed E-state index contributed by atoms with van der Waals surface area (Å²) in [6.45, 7) is -0.305. The molecule has 0 radical (unpaired) electrons. The highest BCUT2D eigenvalue weighted by Gasteiger charge is 2.21. The van der Waals surface area contributed by atoms with Crippen LogP contribution >= 0.6 is 0 Å². The molecule has 0 fully saturated rings. The Morgan fingerprint density at radius 3 is 2.22 bits per heavy atom. The zero-order chi connectivity index (χ0) is 16.5. The summed E-state index contributed by atoms with van der Waals surface area (Å²) >= 11 is 0. The normalized spacial score (nSPS) is 13.3. The van der Waals surface area contributed by atoms with Gasteiger partial charge >= 0.3 is 0 Å². The maximum Gasteiger partial charge on any atom is 0.220 e. The molecule has 2 aromatic rings. The SMILES string of the molecule is O=C(CCCc1ccccc1)N[C@@H](CO)[C@@H](O)c1ccccc1. The van der Waals surface area contributed by atoms with E-state index >= 15 is 0 Å². The number of aliphatic hydroxyl groups is 2. The minimum Gasteiger partial charge on any atom is -0.394 e. The van der Waals surface area contributed by atoms with Gasteiger partial charge in [-0.3, -0.25) is 4.79 Å². The number of carbonyl (C=O) groups excluding carboxylic acids is 1. The van der Waals surface area contributed by atoms with Gasteiger partial charge in [0.15, 0.2) is 0 Å². The van der Waals surface area contributed by atoms with Gasteiger partial charge in [-0.2, -0.15) is 0 Å². The minimum absolute atomic E-state index is 0.157. The first kappa shape index (κ1) is 17.2. The van der Waals surface area contributed by atoms with Crippen LogP contribution in [0.2, 0.25) is 0 Å². The number of aryl methyl sites for hydroxylation is 1. The number of rotatable bonds is 8. The van der Waals surface area contributed by atoms with Crippen molar-refractivity contribution in [2.75, 3.05) is 6.61 Å². The van der Waals surface area contributed by atoms with E-state index in [1.807, 2.05) is 48.5 Å². The van der Waals surface area contributed by atoms with E-state index in [0.29, 0.717) is 12.0 Å². The number of hydrogen-bond donors (Lipinski definition) is 3. The molecule has 1 amide bonds. The summed E-state index contributed by atoms with van der Waals surface area (Å²) in [6.07, 6.45) is 1.01. The van der Waals surface area contributed by atoms with Gasteiger partial charge in [-0.15, -0.1) is 0 Å². The topological polar surface area (TPSA) is 69.6 Å². The quantitative estimate of drug-likeness (QED) is 0.700. The third-order valence-electron chi connectivity index (χ3n) is 3.78. The van der Waals surface area contributed by atoms with E-state index in [9.17, 15) is 15.0 Å². The molecule has 0 bridgehead atoms. The van der Waals surface area contributed by atoms with E-state index in [1.165, 1.54) is 5.56 Å². The molecule has 2 rings (SSSR count). The Balaban J connectivity index is 1.80. The molecule has 2 atom stereocenters. The van der Waals surface area contributed by atoms with Gasteiger partial charge in [0.2, 0.25) is 5.91 Å². The van der Waals surface area contributed by atoms with Crippen molar-refractivity contribution in [2.24, 2.45) is 0 Å². The van der Waals surface area contributed by atoms with Crippen molar-refractivity contribution in [3.8, 4) is 0 Å². The molecular weight excluding hydrogens is 290 g/mol. The summed E-state index contributed by atoms with van der Waals surface area (Å²) in [5.74, 6) is -0.157. The van der Waals surface area contributed by atoms with E-state index in [4.69, 9.17) is 0 Å². The Morgan fingerprint density at radius 2 is 1.61 bits per heavy atom. The lowest BCUT2D eigenvalue weighted by molar-refractivity contribution is -0.123. The van der Waals surface area contributed by atoms with Crippen LogP contribution in [0.15, 0.2) is 60.7 Å². The van der Waals surface area contributed by atoms with Crippen LogP contribution in [0.25, 0.3) is 0 Å². The first-order valence-electron chi connectivity index (χ1n) is 7.88. The van der Waals surface area contributed by atoms with E-state index in [1.54, 1.807) is 12.1 Å². The Hall–Kier alpha value is -2.17. The Labute approximate surface area is 136 Å². The summed E-state index contributed by atoms with van der Waals surface area (Å²) < 4.78 is 0. The number of hydrogen-bond acceptors (Lipinski definition) is 3. The smallest absolute Gasteiger partial charge is 0.220 e. The summed E-state index contributed by atoms with van der Waals surface area (Å²) in [7, 11) is 0. The van der Waals surface area contributed by atoms with Gasteiger partial charge in [-0.1, -0.05) is 60.7 Å². The van der Waals surface area contributed by atoms with Crippen LogP contribution in [-0.2, 0) is 11.2 Å². The Bertz CT molecular complexity index is 586. The van der Waals surface area contributed by atoms with Crippen LogP contribution < -0.4 is 5.32 Å². The van der Waals surface area contributed by atoms with Crippen LogP contribution in [0.4, 0.5) is 0 Å². The lowest BCUT2D eigenvalue weighted by atomic mass is 10.0. The van der Waals surface area contributed by atoms with Gasteiger partial charge in [0.25, 0.3) is 0 Å². The van der Waals surface area contributed by atoms with E-state index < -0.39 is 12.1 Å². The first-order valence-corrected chi connectivity index (χ1v) is 7.88.